The largest absolute Gasteiger partial charge is 0.349 e. The Bertz CT molecular complexity index is 1250. The quantitative estimate of drug-likeness (QED) is 0.446. The topological polar surface area (TPSA) is 37.3 Å². The van der Waals surface area contributed by atoms with Gasteiger partial charge in [0.1, 0.15) is 0 Å². The summed E-state index contributed by atoms with van der Waals surface area (Å²) in [6.45, 7) is 1.02. The first-order valence-electron chi connectivity index (χ1n) is 12.0. The van der Waals surface area contributed by atoms with Gasteiger partial charge in [-0.25, -0.2) is 0 Å². The van der Waals surface area contributed by atoms with E-state index < -0.39 is 0 Å². The molecule has 2 fully saturated rings. The monoisotopic (exact) mass is 435 g/mol. The second-order valence-electron chi connectivity index (χ2n) is 9.48. The lowest BCUT2D eigenvalue weighted by Crippen LogP contribution is -2.49. The van der Waals surface area contributed by atoms with Crippen molar-refractivity contribution in [1.82, 2.24) is 14.8 Å². The van der Waals surface area contributed by atoms with Crippen LogP contribution >= 0.6 is 0 Å². The third-order valence-electron chi connectivity index (χ3n) is 7.42. The van der Waals surface area contributed by atoms with Crippen LogP contribution in [0.15, 0.2) is 91.1 Å². The van der Waals surface area contributed by atoms with Crippen LogP contribution in [0, 0.1) is 0 Å². The van der Waals surface area contributed by atoms with Crippen molar-refractivity contribution in [3.05, 3.63) is 102 Å². The van der Waals surface area contributed by atoms with Crippen molar-refractivity contribution in [1.29, 1.82) is 0 Å². The molecule has 1 unspecified atom stereocenters. The Hall–Kier alpha value is -3.37. The Morgan fingerprint density at radius 1 is 0.848 bits per heavy atom. The first kappa shape index (κ1) is 20.3. The van der Waals surface area contributed by atoms with Gasteiger partial charge >= 0.3 is 0 Å². The minimum Gasteiger partial charge on any atom is -0.349 e. The van der Waals surface area contributed by atoms with Crippen molar-refractivity contribution >= 4 is 16.8 Å². The number of benzene rings is 3. The van der Waals surface area contributed by atoms with Gasteiger partial charge < -0.3 is 9.88 Å². The Kier molecular flexibility index (Phi) is 5.23. The first-order valence-corrected chi connectivity index (χ1v) is 12.0. The van der Waals surface area contributed by atoms with Gasteiger partial charge in [-0.3, -0.25) is 9.69 Å². The molecule has 0 aliphatic carbocycles. The summed E-state index contributed by atoms with van der Waals surface area (Å²) in [6.07, 6.45) is 6.62. The third kappa shape index (κ3) is 3.96. The molecule has 166 valence electrons. The molecule has 6 rings (SSSR count). The molecule has 0 radical (unpaired) electrons. The second-order valence-corrected chi connectivity index (χ2v) is 9.48. The van der Waals surface area contributed by atoms with E-state index in [2.05, 4.69) is 75.6 Å². The van der Waals surface area contributed by atoms with E-state index in [1.165, 1.54) is 18.4 Å². The number of amides is 1. The average molecular weight is 436 g/mol. The number of fused-ring (bicyclic) bond motifs is 3. The Labute approximate surface area is 194 Å². The van der Waals surface area contributed by atoms with E-state index in [1.54, 1.807) is 0 Å². The van der Waals surface area contributed by atoms with Crippen LogP contribution in [0.3, 0.4) is 0 Å². The maximum atomic E-state index is 13.2. The fourth-order valence-electron chi connectivity index (χ4n) is 5.80. The van der Waals surface area contributed by atoms with Crippen molar-refractivity contribution in [2.75, 3.05) is 0 Å². The minimum atomic E-state index is 0.0404. The zero-order valence-electron chi connectivity index (χ0n) is 18.7. The van der Waals surface area contributed by atoms with Crippen LogP contribution in [-0.4, -0.2) is 33.5 Å². The number of para-hydroxylation sites is 1. The first-order chi connectivity index (χ1) is 16.2. The number of carbonyl (C=O) groups excluding carboxylic acids is 1. The summed E-state index contributed by atoms with van der Waals surface area (Å²) in [5.74, 6) is 0.0404. The van der Waals surface area contributed by atoms with Crippen molar-refractivity contribution in [3.63, 3.8) is 0 Å². The Morgan fingerprint density at radius 2 is 1.55 bits per heavy atom. The maximum absolute atomic E-state index is 13.2. The Morgan fingerprint density at radius 3 is 2.27 bits per heavy atom. The lowest BCUT2D eigenvalue weighted by molar-refractivity contribution is 0.0828. The molecule has 4 heteroatoms. The summed E-state index contributed by atoms with van der Waals surface area (Å²) in [7, 11) is 0. The lowest BCUT2D eigenvalue weighted by Gasteiger charge is -2.39. The molecule has 2 aliphatic heterocycles. The number of hydrogen-bond acceptors (Lipinski definition) is 2. The number of carbonyl (C=O) groups is 1. The summed E-state index contributed by atoms with van der Waals surface area (Å²) in [5, 5.41) is 4.50. The molecule has 33 heavy (non-hydrogen) atoms. The predicted octanol–water partition coefficient (Wildman–Crippen LogP) is 5.56. The van der Waals surface area contributed by atoms with E-state index in [4.69, 9.17) is 0 Å². The van der Waals surface area contributed by atoms with Crippen LogP contribution in [0.1, 0.15) is 41.6 Å². The summed E-state index contributed by atoms with van der Waals surface area (Å²) >= 11 is 0. The second kappa shape index (κ2) is 8.53. The molecule has 3 heterocycles. The molecular weight excluding hydrogens is 406 g/mol. The van der Waals surface area contributed by atoms with E-state index in [-0.39, 0.29) is 11.9 Å². The van der Waals surface area contributed by atoms with Crippen LogP contribution in [0.25, 0.3) is 16.6 Å². The predicted molar refractivity (Wildman–Crippen MR) is 133 cm³/mol. The van der Waals surface area contributed by atoms with Crippen LogP contribution in [0.5, 0.6) is 0 Å². The minimum absolute atomic E-state index is 0.0404. The van der Waals surface area contributed by atoms with E-state index in [0.717, 1.165) is 41.5 Å². The fourth-order valence-corrected chi connectivity index (χ4v) is 5.80. The van der Waals surface area contributed by atoms with Gasteiger partial charge in [-0.15, -0.1) is 0 Å². The van der Waals surface area contributed by atoms with Crippen LogP contribution in [0.2, 0.25) is 0 Å². The number of nitrogens with one attached hydrogen (secondary N) is 1. The van der Waals surface area contributed by atoms with Gasteiger partial charge in [-0.1, -0.05) is 54.6 Å². The zero-order chi connectivity index (χ0) is 22.2. The smallest absolute Gasteiger partial charge is 0.251 e. The Balaban J connectivity index is 1.16. The molecule has 1 amide bonds. The van der Waals surface area contributed by atoms with E-state index in [0.29, 0.717) is 12.1 Å². The zero-order valence-corrected chi connectivity index (χ0v) is 18.7. The van der Waals surface area contributed by atoms with Gasteiger partial charge in [0, 0.05) is 42.1 Å². The molecule has 1 aromatic heterocycles. The van der Waals surface area contributed by atoms with E-state index >= 15 is 0 Å². The van der Waals surface area contributed by atoms with E-state index in [1.807, 2.05) is 30.3 Å². The van der Waals surface area contributed by atoms with Crippen molar-refractivity contribution in [3.8, 4) is 5.69 Å². The van der Waals surface area contributed by atoms with Crippen LogP contribution in [0.4, 0.5) is 0 Å². The molecule has 1 N–H and O–H groups in total. The molecule has 0 saturated carbocycles. The molecule has 2 aliphatic rings. The highest BCUT2D eigenvalue weighted by Gasteiger charge is 2.40. The summed E-state index contributed by atoms with van der Waals surface area (Å²) in [5.41, 5.74) is 4.28. The molecule has 3 aromatic carbocycles. The number of rotatable bonds is 5. The van der Waals surface area contributed by atoms with Gasteiger partial charge in [-0.2, -0.15) is 0 Å². The van der Waals surface area contributed by atoms with Crippen molar-refractivity contribution in [2.45, 2.75) is 50.4 Å². The highest BCUT2D eigenvalue weighted by Crippen LogP contribution is 2.37. The molecule has 4 aromatic rings. The number of hydrogen-bond donors (Lipinski definition) is 1. The number of aromatic nitrogens is 1. The third-order valence-corrected chi connectivity index (χ3v) is 7.42. The van der Waals surface area contributed by atoms with Crippen LogP contribution in [-0.2, 0) is 6.54 Å². The average Bonchev–Trinajstić information content (AvgIpc) is 3.37. The summed E-state index contributed by atoms with van der Waals surface area (Å²) in [6, 6.07) is 30.5. The van der Waals surface area contributed by atoms with Gasteiger partial charge in [0.25, 0.3) is 5.91 Å². The van der Waals surface area contributed by atoms with Gasteiger partial charge in [0.2, 0.25) is 0 Å². The normalized spacial score (nSPS) is 22.5. The highest BCUT2D eigenvalue weighted by atomic mass is 16.1. The fraction of sp³-hybridized carbons (Fsp3) is 0.276. The van der Waals surface area contributed by atoms with Crippen LogP contribution < -0.4 is 5.32 Å². The lowest BCUT2D eigenvalue weighted by atomic mass is 9.96. The molecule has 0 spiro atoms. The van der Waals surface area contributed by atoms with Gasteiger partial charge in [0.15, 0.2) is 0 Å². The molecule has 4 nitrogen and oxygen atoms in total. The maximum Gasteiger partial charge on any atom is 0.251 e. The van der Waals surface area contributed by atoms with Gasteiger partial charge in [0.05, 0.1) is 5.52 Å². The molecule has 2 bridgehead atoms. The van der Waals surface area contributed by atoms with Crippen molar-refractivity contribution < 1.29 is 4.79 Å². The van der Waals surface area contributed by atoms with Gasteiger partial charge in [-0.05, 0) is 67.0 Å². The standard InChI is InChI=1S/C29H29N3O/c33-29(23-12-11-22-15-16-31(28(22)17-23)25-9-5-2-6-10-25)30-24-18-26-13-14-27(19-24)32(26)20-21-7-3-1-4-8-21/h1-12,15-17,24,26-27H,13-14,18-20H2,(H,30,33)/t24?,26-,27+. The number of nitrogens with zero attached hydrogens (tertiary/aromatic N) is 2. The highest BCUT2D eigenvalue weighted by molar-refractivity contribution is 5.98. The summed E-state index contributed by atoms with van der Waals surface area (Å²) < 4.78 is 2.15. The molecule has 2 saturated heterocycles. The SMILES string of the molecule is O=C(NC1C[C@H]2CC[C@@H](C1)N2Cc1ccccc1)c1ccc2ccn(-c3ccccc3)c2c1. The number of piperidine rings is 1. The molecular formula is C29H29N3O. The summed E-state index contributed by atoms with van der Waals surface area (Å²) in [4.78, 5) is 15.9. The van der Waals surface area contributed by atoms with Crippen molar-refractivity contribution in [2.24, 2.45) is 0 Å². The van der Waals surface area contributed by atoms with E-state index in [9.17, 15) is 4.79 Å². The molecule has 3 atom stereocenters.